The minimum absolute atomic E-state index is 0.0409. The van der Waals surface area contributed by atoms with Gasteiger partial charge in [0.1, 0.15) is 0 Å². The molecule has 19 heavy (non-hydrogen) atoms. The SMILES string of the molecule is CNc1cccnc1S(=O)(=O)N1CCCCCC1C. The average Bonchev–Trinajstić information content (AvgIpc) is 2.63. The molecule has 1 saturated heterocycles. The smallest absolute Gasteiger partial charge is 0.262 e. The first-order valence-corrected chi connectivity index (χ1v) is 8.16. The van der Waals surface area contributed by atoms with Gasteiger partial charge in [-0.15, -0.1) is 0 Å². The van der Waals surface area contributed by atoms with E-state index in [9.17, 15) is 8.42 Å². The van der Waals surface area contributed by atoms with Crippen LogP contribution >= 0.6 is 0 Å². The molecule has 0 spiro atoms. The Morgan fingerprint density at radius 3 is 2.89 bits per heavy atom. The largest absolute Gasteiger partial charge is 0.386 e. The number of hydrogen-bond donors (Lipinski definition) is 1. The number of sulfonamides is 1. The summed E-state index contributed by atoms with van der Waals surface area (Å²) in [5.41, 5.74) is 0.555. The lowest BCUT2D eigenvalue weighted by Gasteiger charge is -2.26. The van der Waals surface area contributed by atoms with E-state index in [1.807, 2.05) is 6.92 Å². The zero-order valence-corrected chi connectivity index (χ0v) is 12.3. The zero-order valence-electron chi connectivity index (χ0n) is 11.5. The topological polar surface area (TPSA) is 62.3 Å². The van der Waals surface area contributed by atoms with Crippen molar-refractivity contribution in [1.29, 1.82) is 0 Å². The Balaban J connectivity index is 2.40. The van der Waals surface area contributed by atoms with Crippen LogP contribution in [0.25, 0.3) is 0 Å². The zero-order chi connectivity index (χ0) is 13.9. The number of anilines is 1. The van der Waals surface area contributed by atoms with Crippen LogP contribution in [0.1, 0.15) is 32.6 Å². The fourth-order valence-electron chi connectivity index (χ4n) is 2.50. The molecule has 1 aliphatic rings. The van der Waals surface area contributed by atoms with E-state index < -0.39 is 10.0 Å². The summed E-state index contributed by atoms with van der Waals surface area (Å²) in [5.74, 6) is 0. The Morgan fingerprint density at radius 2 is 2.16 bits per heavy atom. The molecule has 0 bridgehead atoms. The molecule has 106 valence electrons. The van der Waals surface area contributed by atoms with Crippen LogP contribution in [0.5, 0.6) is 0 Å². The molecule has 0 amide bonds. The highest BCUT2D eigenvalue weighted by Crippen LogP contribution is 2.27. The molecular formula is C13H21N3O2S. The first-order valence-electron chi connectivity index (χ1n) is 6.72. The summed E-state index contributed by atoms with van der Waals surface area (Å²) in [6.45, 7) is 2.56. The molecule has 1 aromatic rings. The molecular weight excluding hydrogens is 262 g/mol. The van der Waals surface area contributed by atoms with Crippen LogP contribution in [0, 0.1) is 0 Å². The number of aromatic nitrogens is 1. The quantitative estimate of drug-likeness (QED) is 0.922. The van der Waals surface area contributed by atoms with Crippen LogP contribution in [-0.4, -0.2) is 37.3 Å². The fourth-order valence-corrected chi connectivity index (χ4v) is 4.32. The van der Waals surface area contributed by atoms with Crippen molar-refractivity contribution in [3.8, 4) is 0 Å². The van der Waals surface area contributed by atoms with E-state index in [-0.39, 0.29) is 11.1 Å². The third-order valence-electron chi connectivity index (χ3n) is 3.59. The van der Waals surface area contributed by atoms with Gasteiger partial charge in [0.25, 0.3) is 10.0 Å². The lowest BCUT2D eigenvalue weighted by atomic mass is 10.1. The Kier molecular flexibility index (Phi) is 4.42. The monoisotopic (exact) mass is 283 g/mol. The lowest BCUT2D eigenvalue weighted by molar-refractivity contribution is 0.341. The maximum absolute atomic E-state index is 12.8. The van der Waals surface area contributed by atoms with E-state index in [4.69, 9.17) is 0 Å². The fraction of sp³-hybridized carbons (Fsp3) is 0.615. The molecule has 0 aliphatic carbocycles. The van der Waals surface area contributed by atoms with Crippen molar-refractivity contribution in [3.63, 3.8) is 0 Å². The predicted molar refractivity (Wildman–Crippen MR) is 75.6 cm³/mol. The molecule has 0 saturated carbocycles. The van der Waals surface area contributed by atoms with Gasteiger partial charge in [0.05, 0.1) is 5.69 Å². The second-order valence-electron chi connectivity index (χ2n) is 4.92. The van der Waals surface area contributed by atoms with E-state index in [0.29, 0.717) is 12.2 Å². The predicted octanol–water partition coefficient (Wildman–Crippen LogP) is 2.08. The summed E-state index contributed by atoms with van der Waals surface area (Å²) in [6.07, 6.45) is 5.55. The second kappa shape index (κ2) is 5.88. The van der Waals surface area contributed by atoms with Crippen LogP contribution < -0.4 is 5.32 Å². The highest BCUT2D eigenvalue weighted by molar-refractivity contribution is 7.89. The lowest BCUT2D eigenvalue weighted by Crippen LogP contribution is -2.38. The van der Waals surface area contributed by atoms with E-state index >= 15 is 0 Å². The molecule has 1 atom stereocenters. The van der Waals surface area contributed by atoms with Gasteiger partial charge in [0, 0.05) is 25.8 Å². The number of nitrogens with one attached hydrogen (secondary N) is 1. The average molecular weight is 283 g/mol. The van der Waals surface area contributed by atoms with E-state index in [1.54, 1.807) is 23.5 Å². The van der Waals surface area contributed by atoms with Crippen molar-refractivity contribution in [2.75, 3.05) is 18.9 Å². The van der Waals surface area contributed by atoms with Crippen LogP contribution in [-0.2, 0) is 10.0 Å². The molecule has 2 heterocycles. The summed E-state index contributed by atoms with van der Waals surface area (Å²) in [5, 5.41) is 3.03. The van der Waals surface area contributed by atoms with Crippen molar-refractivity contribution in [2.45, 2.75) is 43.7 Å². The Labute approximate surface area is 115 Å². The van der Waals surface area contributed by atoms with Gasteiger partial charge in [0.2, 0.25) is 0 Å². The van der Waals surface area contributed by atoms with Crippen molar-refractivity contribution in [1.82, 2.24) is 9.29 Å². The molecule has 5 nitrogen and oxygen atoms in total. The normalized spacial score (nSPS) is 21.9. The van der Waals surface area contributed by atoms with Gasteiger partial charge < -0.3 is 5.32 Å². The van der Waals surface area contributed by atoms with Crippen molar-refractivity contribution in [3.05, 3.63) is 18.3 Å². The summed E-state index contributed by atoms with van der Waals surface area (Å²) in [7, 11) is -1.81. The van der Waals surface area contributed by atoms with E-state index in [2.05, 4.69) is 10.3 Å². The molecule has 1 unspecified atom stereocenters. The molecule has 1 N–H and O–H groups in total. The number of pyridine rings is 1. The third-order valence-corrected chi connectivity index (χ3v) is 5.56. The molecule has 2 rings (SSSR count). The molecule has 6 heteroatoms. The summed E-state index contributed by atoms with van der Waals surface area (Å²) >= 11 is 0. The van der Waals surface area contributed by atoms with Crippen molar-refractivity contribution >= 4 is 15.7 Å². The standard InChI is InChI=1S/C13H21N3O2S/c1-11-7-4-3-5-10-16(11)19(17,18)13-12(14-2)8-6-9-15-13/h6,8-9,11,14H,3-5,7,10H2,1-2H3. The van der Waals surface area contributed by atoms with Crippen LogP contribution in [0.4, 0.5) is 5.69 Å². The molecule has 1 aliphatic heterocycles. The van der Waals surface area contributed by atoms with E-state index in [1.165, 1.54) is 6.20 Å². The molecule has 1 fully saturated rings. The number of hydrogen-bond acceptors (Lipinski definition) is 4. The molecule has 1 aromatic heterocycles. The van der Waals surface area contributed by atoms with Crippen molar-refractivity contribution < 1.29 is 8.42 Å². The highest BCUT2D eigenvalue weighted by Gasteiger charge is 2.32. The summed E-state index contributed by atoms with van der Waals surface area (Å²) in [4.78, 5) is 4.07. The minimum atomic E-state index is -3.52. The van der Waals surface area contributed by atoms with Gasteiger partial charge in [-0.1, -0.05) is 12.8 Å². The van der Waals surface area contributed by atoms with Gasteiger partial charge in [-0.25, -0.2) is 13.4 Å². The number of nitrogens with zero attached hydrogens (tertiary/aromatic N) is 2. The Morgan fingerprint density at radius 1 is 1.37 bits per heavy atom. The van der Waals surface area contributed by atoms with Crippen molar-refractivity contribution in [2.24, 2.45) is 0 Å². The first-order chi connectivity index (χ1) is 9.07. The highest BCUT2D eigenvalue weighted by atomic mass is 32.2. The van der Waals surface area contributed by atoms with Gasteiger partial charge in [-0.05, 0) is 31.9 Å². The van der Waals surface area contributed by atoms with Gasteiger partial charge in [0.15, 0.2) is 5.03 Å². The second-order valence-corrected chi connectivity index (χ2v) is 6.73. The maximum atomic E-state index is 12.8. The maximum Gasteiger partial charge on any atom is 0.262 e. The minimum Gasteiger partial charge on any atom is -0.386 e. The first kappa shape index (κ1) is 14.3. The third kappa shape index (κ3) is 2.90. The Bertz CT molecular complexity index is 530. The molecule has 0 aromatic carbocycles. The van der Waals surface area contributed by atoms with E-state index in [0.717, 1.165) is 25.7 Å². The van der Waals surface area contributed by atoms with Crippen LogP contribution in [0.3, 0.4) is 0 Å². The van der Waals surface area contributed by atoms with Gasteiger partial charge in [-0.2, -0.15) is 4.31 Å². The van der Waals surface area contributed by atoms with Gasteiger partial charge >= 0.3 is 0 Å². The van der Waals surface area contributed by atoms with Crippen LogP contribution in [0.2, 0.25) is 0 Å². The summed E-state index contributed by atoms with van der Waals surface area (Å²) < 4.78 is 27.1. The number of rotatable bonds is 3. The molecule has 0 radical (unpaired) electrons. The van der Waals surface area contributed by atoms with Gasteiger partial charge in [-0.3, -0.25) is 0 Å². The van der Waals surface area contributed by atoms with Crippen LogP contribution in [0.15, 0.2) is 23.4 Å². The summed E-state index contributed by atoms with van der Waals surface area (Å²) in [6, 6.07) is 3.51. The Hall–Kier alpha value is -1.14.